The highest BCUT2D eigenvalue weighted by Gasteiger charge is 2.11. The summed E-state index contributed by atoms with van der Waals surface area (Å²) in [6, 6.07) is 7.41. The molecule has 0 heterocycles. The molecular formula is C13H19ClN2O. The van der Waals surface area contributed by atoms with E-state index in [0.717, 1.165) is 23.6 Å². The van der Waals surface area contributed by atoms with Crippen LogP contribution in [0.4, 0.5) is 0 Å². The van der Waals surface area contributed by atoms with Crippen LogP contribution in [-0.2, 0) is 11.3 Å². The number of nitrogens with one attached hydrogen (secondary N) is 2. The molecule has 0 aliphatic rings. The van der Waals surface area contributed by atoms with Gasteiger partial charge < -0.3 is 10.6 Å². The van der Waals surface area contributed by atoms with E-state index >= 15 is 0 Å². The molecule has 0 aliphatic heterocycles. The van der Waals surface area contributed by atoms with E-state index in [1.165, 1.54) is 0 Å². The molecular weight excluding hydrogens is 236 g/mol. The Labute approximate surface area is 108 Å². The second kappa shape index (κ2) is 7.30. The van der Waals surface area contributed by atoms with Crippen LogP contribution < -0.4 is 10.6 Å². The summed E-state index contributed by atoms with van der Waals surface area (Å²) in [6.45, 7) is 5.20. The molecule has 2 N–H and O–H groups in total. The number of halogens is 1. The van der Waals surface area contributed by atoms with Gasteiger partial charge in [0.1, 0.15) is 0 Å². The summed E-state index contributed by atoms with van der Waals surface area (Å²) in [7, 11) is 0. The van der Waals surface area contributed by atoms with Gasteiger partial charge in [0, 0.05) is 18.1 Å². The van der Waals surface area contributed by atoms with E-state index in [0.29, 0.717) is 6.54 Å². The molecule has 0 radical (unpaired) electrons. The van der Waals surface area contributed by atoms with E-state index < -0.39 is 0 Å². The van der Waals surface area contributed by atoms with Crippen molar-refractivity contribution in [1.29, 1.82) is 0 Å². The minimum absolute atomic E-state index is 0.0268. The molecule has 0 saturated carbocycles. The highest BCUT2D eigenvalue weighted by atomic mass is 35.5. The van der Waals surface area contributed by atoms with Crippen molar-refractivity contribution < 1.29 is 4.79 Å². The van der Waals surface area contributed by atoms with Crippen molar-refractivity contribution >= 4 is 17.5 Å². The Balaban J connectivity index is 2.40. The van der Waals surface area contributed by atoms with E-state index in [-0.39, 0.29) is 11.9 Å². The number of carbonyl (C=O) groups excluding carboxylic acids is 1. The zero-order valence-corrected chi connectivity index (χ0v) is 11.1. The monoisotopic (exact) mass is 254 g/mol. The first-order chi connectivity index (χ1) is 8.15. The van der Waals surface area contributed by atoms with Crippen LogP contribution in [-0.4, -0.2) is 18.5 Å². The molecule has 0 spiro atoms. The summed E-state index contributed by atoms with van der Waals surface area (Å²) < 4.78 is 0. The zero-order valence-electron chi connectivity index (χ0n) is 10.3. The summed E-state index contributed by atoms with van der Waals surface area (Å²) in [4.78, 5) is 11.6. The molecule has 0 aliphatic carbocycles. The minimum atomic E-state index is -0.210. The molecule has 17 heavy (non-hydrogen) atoms. The molecule has 1 unspecified atom stereocenters. The minimum Gasteiger partial charge on any atom is -0.355 e. The Morgan fingerprint density at radius 1 is 1.41 bits per heavy atom. The van der Waals surface area contributed by atoms with Gasteiger partial charge in [-0.05, 0) is 25.0 Å². The maximum absolute atomic E-state index is 11.6. The smallest absolute Gasteiger partial charge is 0.236 e. The second-order valence-corrected chi connectivity index (χ2v) is 4.39. The van der Waals surface area contributed by atoms with Crippen molar-refractivity contribution in [3.63, 3.8) is 0 Å². The van der Waals surface area contributed by atoms with Crippen molar-refractivity contribution in [3.05, 3.63) is 34.9 Å². The van der Waals surface area contributed by atoms with Gasteiger partial charge in [-0.15, -0.1) is 0 Å². The normalized spacial score (nSPS) is 12.2. The third-order valence-electron chi connectivity index (χ3n) is 2.50. The predicted octanol–water partition coefficient (Wildman–Crippen LogP) is 2.34. The van der Waals surface area contributed by atoms with E-state index in [1.807, 2.05) is 38.1 Å². The van der Waals surface area contributed by atoms with Crippen LogP contribution in [0.5, 0.6) is 0 Å². The topological polar surface area (TPSA) is 41.1 Å². The zero-order chi connectivity index (χ0) is 12.7. The van der Waals surface area contributed by atoms with Gasteiger partial charge in [0.15, 0.2) is 0 Å². The van der Waals surface area contributed by atoms with Crippen LogP contribution in [0.3, 0.4) is 0 Å². The molecule has 94 valence electrons. The Morgan fingerprint density at radius 2 is 2.12 bits per heavy atom. The average molecular weight is 255 g/mol. The Hall–Kier alpha value is -1.06. The molecule has 1 amide bonds. The first-order valence-electron chi connectivity index (χ1n) is 5.89. The fourth-order valence-electron chi connectivity index (χ4n) is 1.40. The highest BCUT2D eigenvalue weighted by molar-refractivity contribution is 6.31. The lowest BCUT2D eigenvalue weighted by Crippen LogP contribution is -2.42. The Kier molecular flexibility index (Phi) is 6.01. The van der Waals surface area contributed by atoms with Gasteiger partial charge in [0.25, 0.3) is 0 Å². The number of hydrogen-bond donors (Lipinski definition) is 2. The van der Waals surface area contributed by atoms with Crippen molar-refractivity contribution in [3.8, 4) is 0 Å². The molecule has 1 atom stereocenters. The summed E-state index contributed by atoms with van der Waals surface area (Å²) >= 11 is 6.03. The lowest BCUT2D eigenvalue weighted by Gasteiger charge is -2.14. The van der Waals surface area contributed by atoms with Gasteiger partial charge in [-0.25, -0.2) is 0 Å². The molecule has 0 fully saturated rings. The van der Waals surface area contributed by atoms with Crippen LogP contribution in [0.25, 0.3) is 0 Å². The van der Waals surface area contributed by atoms with Gasteiger partial charge in [-0.2, -0.15) is 0 Å². The van der Waals surface area contributed by atoms with Gasteiger partial charge in [-0.3, -0.25) is 4.79 Å². The number of benzene rings is 1. The van der Waals surface area contributed by atoms with Crippen molar-refractivity contribution in [2.24, 2.45) is 0 Å². The third-order valence-corrected chi connectivity index (χ3v) is 2.87. The molecule has 1 rings (SSSR count). The third kappa shape index (κ3) is 4.75. The lowest BCUT2D eigenvalue weighted by atomic mass is 10.2. The van der Waals surface area contributed by atoms with E-state index in [4.69, 9.17) is 11.6 Å². The fourth-order valence-corrected chi connectivity index (χ4v) is 1.60. The van der Waals surface area contributed by atoms with Crippen LogP contribution in [0.2, 0.25) is 5.02 Å². The summed E-state index contributed by atoms with van der Waals surface area (Å²) in [6.07, 6.45) is 0.947. The molecule has 3 nitrogen and oxygen atoms in total. The quantitative estimate of drug-likeness (QED) is 0.818. The molecule has 1 aromatic carbocycles. The van der Waals surface area contributed by atoms with Crippen LogP contribution in [0.15, 0.2) is 24.3 Å². The van der Waals surface area contributed by atoms with Crippen LogP contribution >= 0.6 is 11.6 Å². The summed E-state index contributed by atoms with van der Waals surface area (Å²) in [5, 5.41) is 6.72. The van der Waals surface area contributed by atoms with Gasteiger partial charge >= 0.3 is 0 Å². The van der Waals surface area contributed by atoms with Crippen molar-refractivity contribution in [1.82, 2.24) is 10.6 Å². The number of amides is 1. The molecule has 0 saturated heterocycles. The second-order valence-electron chi connectivity index (χ2n) is 3.99. The Bertz CT molecular complexity index is 368. The Morgan fingerprint density at radius 3 is 2.76 bits per heavy atom. The average Bonchev–Trinajstić information content (AvgIpc) is 2.34. The maximum atomic E-state index is 11.6. The lowest BCUT2D eigenvalue weighted by molar-refractivity contribution is -0.122. The highest BCUT2D eigenvalue weighted by Crippen LogP contribution is 2.14. The summed E-state index contributed by atoms with van der Waals surface area (Å²) in [5.41, 5.74) is 1.00. The van der Waals surface area contributed by atoms with Gasteiger partial charge in [0.2, 0.25) is 5.91 Å². The van der Waals surface area contributed by atoms with Crippen LogP contribution in [0, 0.1) is 0 Å². The first-order valence-corrected chi connectivity index (χ1v) is 6.27. The molecule has 0 bridgehead atoms. The SMILES string of the molecule is CCCNC(=O)C(C)NCc1ccccc1Cl. The maximum Gasteiger partial charge on any atom is 0.236 e. The van der Waals surface area contributed by atoms with E-state index in [1.54, 1.807) is 0 Å². The summed E-state index contributed by atoms with van der Waals surface area (Å²) in [5.74, 6) is 0.0268. The molecule has 1 aromatic rings. The first kappa shape index (κ1) is 14.0. The molecule has 4 heteroatoms. The number of rotatable bonds is 6. The predicted molar refractivity (Wildman–Crippen MR) is 71.1 cm³/mol. The van der Waals surface area contributed by atoms with E-state index in [9.17, 15) is 4.79 Å². The van der Waals surface area contributed by atoms with Gasteiger partial charge in [0.05, 0.1) is 6.04 Å². The molecule has 0 aromatic heterocycles. The number of hydrogen-bond acceptors (Lipinski definition) is 2. The standard InChI is InChI=1S/C13H19ClN2O/c1-3-8-15-13(17)10(2)16-9-11-6-4-5-7-12(11)14/h4-7,10,16H,3,8-9H2,1-2H3,(H,15,17). The van der Waals surface area contributed by atoms with Crippen molar-refractivity contribution in [2.75, 3.05) is 6.54 Å². The van der Waals surface area contributed by atoms with Gasteiger partial charge in [-0.1, -0.05) is 36.7 Å². The largest absolute Gasteiger partial charge is 0.355 e. The number of carbonyl (C=O) groups is 1. The van der Waals surface area contributed by atoms with Crippen LogP contribution in [0.1, 0.15) is 25.8 Å². The van der Waals surface area contributed by atoms with Crippen molar-refractivity contribution in [2.45, 2.75) is 32.9 Å². The van der Waals surface area contributed by atoms with E-state index in [2.05, 4.69) is 10.6 Å². The fraction of sp³-hybridized carbons (Fsp3) is 0.462.